The summed E-state index contributed by atoms with van der Waals surface area (Å²) in [7, 11) is 0. The van der Waals surface area contributed by atoms with Crippen LogP contribution < -0.4 is 0 Å². The number of hydrogen-bond acceptors (Lipinski definition) is 4. The third kappa shape index (κ3) is 5.22. The summed E-state index contributed by atoms with van der Waals surface area (Å²) in [6, 6.07) is 3.76. The number of carboxylic acid groups (broad SMARTS) is 2. The first-order chi connectivity index (χ1) is 7.90. The molecule has 0 unspecified atom stereocenters. The molecule has 0 aliphatic heterocycles. The number of carbonyl (C=O) groups is 2. The quantitative estimate of drug-likeness (QED) is 0.459. The van der Waals surface area contributed by atoms with Gasteiger partial charge in [0.15, 0.2) is 11.5 Å². The first-order valence-electron chi connectivity index (χ1n) is 4.50. The van der Waals surface area contributed by atoms with Gasteiger partial charge in [-0.1, -0.05) is 12.1 Å². The second-order valence-corrected chi connectivity index (χ2v) is 2.82. The minimum absolute atomic E-state index is 0.301. The van der Waals surface area contributed by atoms with Crippen molar-refractivity contribution in [2.75, 3.05) is 0 Å². The van der Waals surface area contributed by atoms with Crippen LogP contribution in [0.3, 0.4) is 0 Å². The Morgan fingerprint density at radius 1 is 1.18 bits per heavy atom. The maximum atomic E-state index is 10.3. The molecule has 0 atom stereocenters. The first kappa shape index (κ1) is 14.5. The van der Waals surface area contributed by atoms with E-state index in [-0.39, 0.29) is 5.56 Å². The number of carboxylic acids is 2. The lowest BCUT2D eigenvalue weighted by Crippen LogP contribution is -1.95. The predicted octanol–water partition coefficient (Wildman–Crippen LogP) is 1.44. The van der Waals surface area contributed by atoms with Gasteiger partial charge in [0, 0.05) is 6.08 Å². The molecule has 92 valence electrons. The highest BCUT2D eigenvalue weighted by Crippen LogP contribution is 2.27. The van der Waals surface area contributed by atoms with Crippen molar-refractivity contribution in [3.8, 4) is 11.5 Å². The van der Waals surface area contributed by atoms with E-state index in [0.717, 1.165) is 6.08 Å². The van der Waals surface area contributed by atoms with E-state index in [1.807, 2.05) is 0 Å². The van der Waals surface area contributed by atoms with Crippen LogP contribution in [0.15, 0.2) is 30.4 Å². The van der Waals surface area contributed by atoms with Gasteiger partial charge in [0.05, 0.1) is 0 Å². The molecule has 17 heavy (non-hydrogen) atoms. The maximum Gasteiger partial charge on any atom is 0.339 e. The van der Waals surface area contributed by atoms with Crippen molar-refractivity contribution in [1.29, 1.82) is 0 Å². The highest BCUT2D eigenvalue weighted by atomic mass is 16.4. The summed E-state index contributed by atoms with van der Waals surface area (Å²) in [5.74, 6) is -3.18. The molecule has 0 fully saturated rings. The fraction of sp³-hybridized carbons (Fsp3) is 0.0909. The van der Waals surface area contributed by atoms with Crippen LogP contribution in [0.5, 0.6) is 11.5 Å². The molecule has 1 aromatic carbocycles. The third-order valence-electron chi connectivity index (χ3n) is 1.55. The molecular formula is C11H12O6. The van der Waals surface area contributed by atoms with Gasteiger partial charge in [0.25, 0.3) is 0 Å². The van der Waals surface area contributed by atoms with Gasteiger partial charge in [-0.05, 0) is 19.1 Å². The second kappa shape index (κ2) is 6.89. The number of phenolic OH excluding ortho intramolecular Hbond substituents is 1. The van der Waals surface area contributed by atoms with Crippen LogP contribution in [-0.2, 0) is 4.79 Å². The van der Waals surface area contributed by atoms with Crippen molar-refractivity contribution in [3.63, 3.8) is 0 Å². The molecule has 0 heterocycles. The molecule has 0 aromatic heterocycles. The van der Waals surface area contributed by atoms with Crippen LogP contribution in [0.25, 0.3) is 0 Å². The van der Waals surface area contributed by atoms with Crippen LogP contribution in [0.2, 0.25) is 0 Å². The maximum absolute atomic E-state index is 10.3. The molecule has 0 amide bonds. The summed E-state index contributed by atoms with van der Waals surface area (Å²) in [5, 5.41) is 34.0. The van der Waals surface area contributed by atoms with Crippen molar-refractivity contribution in [1.82, 2.24) is 0 Å². The molecule has 6 heteroatoms. The van der Waals surface area contributed by atoms with E-state index < -0.39 is 23.4 Å². The molecular weight excluding hydrogens is 228 g/mol. The van der Waals surface area contributed by atoms with E-state index in [1.54, 1.807) is 6.92 Å². The minimum Gasteiger partial charge on any atom is -0.504 e. The number of rotatable bonds is 2. The summed E-state index contributed by atoms with van der Waals surface area (Å²) < 4.78 is 0. The van der Waals surface area contributed by atoms with Crippen LogP contribution in [0.4, 0.5) is 0 Å². The summed E-state index contributed by atoms with van der Waals surface area (Å²) in [4.78, 5) is 19.8. The molecule has 0 bridgehead atoms. The van der Waals surface area contributed by atoms with Crippen LogP contribution in [-0.4, -0.2) is 32.4 Å². The number of para-hydroxylation sites is 1. The zero-order valence-corrected chi connectivity index (χ0v) is 8.99. The monoisotopic (exact) mass is 240 g/mol. The standard InChI is InChI=1S/C7H6O4.C4H6O2/c8-5-3-1-2-4(6(5)9)7(10)11;1-2-3-4(5)6/h1-3,8-9H,(H,10,11);2-3H,1H3,(H,5,6). The molecule has 0 aliphatic carbocycles. The SMILES string of the molecule is CC=CC(=O)O.O=C(O)c1cccc(O)c1O. The molecule has 4 N–H and O–H groups in total. The zero-order chi connectivity index (χ0) is 13.4. The van der Waals surface area contributed by atoms with E-state index in [1.165, 1.54) is 24.3 Å². The Balaban J connectivity index is 0.000000366. The smallest absolute Gasteiger partial charge is 0.339 e. The first-order valence-corrected chi connectivity index (χ1v) is 4.50. The van der Waals surface area contributed by atoms with Gasteiger partial charge in [0.2, 0.25) is 0 Å². The highest BCUT2D eigenvalue weighted by molar-refractivity contribution is 5.91. The summed E-state index contributed by atoms with van der Waals surface area (Å²) in [5.41, 5.74) is -0.301. The average Bonchev–Trinajstić information content (AvgIpc) is 2.22. The van der Waals surface area contributed by atoms with E-state index in [4.69, 9.17) is 20.4 Å². The number of aromatic hydroxyl groups is 2. The number of hydrogen-bond donors (Lipinski definition) is 4. The molecule has 1 rings (SSSR count). The Morgan fingerprint density at radius 2 is 1.76 bits per heavy atom. The average molecular weight is 240 g/mol. The van der Waals surface area contributed by atoms with Crippen LogP contribution >= 0.6 is 0 Å². The van der Waals surface area contributed by atoms with Gasteiger partial charge < -0.3 is 20.4 Å². The van der Waals surface area contributed by atoms with E-state index in [0.29, 0.717) is 0 Å². The van der Waals surface area contributed by atoms with Crippen LogP contribution in [0.1, 0.15) is 17.3 Å². The van der Waals surface area contributed by atoms with E-state index >= 15 is 0 Å². The van der Waals surface area contributed by atoms with Crippen LogP contribution in [0, 0.1) is 0 Å². The molecule has 1 aromatic rings. The highest BCUT2D eigenvalue weighted by Gasteiger charge is 2.11. The largest absolute Gasteiger partial charge is 0.504 e. The number of allylic oxidation sites excluding steroid dienone is 1. The van der Waals surface area contributed by atoms with Crippen molar-refractivity contribution in [3.05, 3.63) is 35.9 Å². The predicted molar refractivity (Wildman–Crippen MR) is 59.2 cm³/mol. The Labute approximate surface area is 97.1 Å². The molecule has 6 nitrogen and oxygen atoms in total. The lowest BCUT2D eigenvalue weighted by molar-refractivity contribution is -0.131. The van der Waals surface area contributed by atoms with Crippen molar-refractivity contribution in [2.24, 2.45) is 0 Å². The summed E-state index contributed by atoms with van der Waals surface area (Å²) in [6.45, 7) is 1.66. The van der Waals surface area contributed by atoms with Crippen molar-refractivity contribution in [2.45, 2.75) is 6.92 Å². The minimum atomic E-state index is -1.27. The van der Waals surface area contributed by atoms with E-state index in [9.17, 15) is 9.59 Å². The van der Waals surface area contributed by atoms with E-state index in [2.05, 4.69) is 0 Å². The molecule has 0 aliphatic rings. The molecule has 0 spiro atoms. The Kier molecular flexibility index (Phi) is 5.87. The number of aliphatic carboxylic acids is 1. The van der Waals surface area contributed by atoms with Crippen molar-refractivity contribution >= 4 is 11.9 Å². The van der Waals surface area contributed by atoms with Gasteiger partial charge in [-0.3, -0.25) is 0 Å². The summed E-state index contributed by atoms with van der Waals surface area (Å²) >= 11 is 0. The van der Waals surface area contributed by atoms with Gasteiger partial charge in [0.1, 0.15) is 5.56 Å². The number of benzene rings is 1. The summed E-state index contributed by atoms with van der Waals surface area (Å²) in [6.07, 6.45) is 2.56. The zero-order valence-electron chi connectivity index (χ0n) is 8.99. The second-order valence-electron chi connectivity index (χ2n) is 2.82. The fourth-order valence-corrected chi connectivity index (χ4v) is 0.846. The Hall–Kier alpha value is -2.50. The molecule has 0 radical (unpaired) electrons. The van der Waals surface area contributed by atoms with Gasteiger partial charge >= 0.3 is 11.9 Å². The third-order valence-corrected chi connectivity index (χ3v) is 1.55. The Bertz CT molecular complexity index is 436. The molecule has 0 saturated carbocycles. The van der Waals surface area contributed by atoms with Gasteiger partial charge in [-0.2, -0.15) is 0 Å². The normalized spacial score (nSPS) is 9.47. The number of phenols is 2. The lowest BCUT2D eigenvalue weighted by Gasteiger charge is -1.99. The van der Waals surface area contributed by atoms with Gasteiger partial charge in [-0.25, -0.2) is 9.59 Å². The lowest BCUT2D eigenvalue weighted by atomic mass is 10.2. The Morgan fingerprint density at radius 3 is 2.06 bits per heavy atom. The van der Waals surface area contributed by atoms with Crippen molar-refractivity contribution < 1.29 is 30.0 Å². The van der Waals surface area contributed by atoms with Gasteiger partial charge in [-0.15, -0.1) is 0 Å². The number of aromatic carboxylic acids is 1. The molecule has 0 saturated heterocycles. The topological polar surface area (TPSA) is 115 Å². The fourth-order valence-electron chi connectivity index (χ4n) is 0.846.